The van der Waals surface area contributed by atoms with E-state index in [1.54, 1.807) is 11.3 Å². The Morgan fingerprint density at radius 3 is 2.88 bits per heavy atom. The van der Waals surface area contributed by atoms with Gasteiger partial charge in [-0.3, -0.25) is 4.79 Å². The van der Waals surface area contributed by atoms with Crippen LogP contribution in [-0.4, -0.2) is 28.6 Å². The Labute approximate surface area is 105 Å². The first-order valence-electron chi connectivity index (χ1n) is 5.99. The first-order chi connectivity index (χ1) is 8.06. The molecule has 0 aromatic carbocycles. The van der Waals surface area contributed by atoms with E-state index in [1.165, 1.54) is 12.8 Å². The zero-order valence-electron chi connectivity index (χ0n) is 10.2. The second kappa shape index (κ2) is 5.04. The third-order valence-corrected chi connectivity index (χ3v) is 3.82. The summed E-state index contributed by atoms with van der Waals surface area (Å²) in [6, 6.07) is 0.416. The average Bonchev–Trinajstić information content (AvgIpc) is 2.94. The van der Waals surface area contributed by atoms with Gasteiger partial charge in [0.15, 0.2) is 5.13 Å². The molecule has 1 fully saturated rings. The molecule has 17 heavy (non-hydrogen) atoms. The summed E-state index contributed by atoms with van der Waals surface area (Å²) < 4.78 is 0. The first kappa shape index (κ1) is 12.4. The van der Waals surface area contributed by atoms with Crippen LogP contribution in [0.2, 0.25) is 0 Å². The molecule has 0 radical (unpaired) electrons. The Bertz CT molecular complexity index is 399. The number of rotatable bonds is 6. The van der Waals surface area contributed by atoms with Crippen LogP contribution < -0.4 is 4.90 Å². The van der Waals surface area contributed by atoms with Gasteiger partial charge in [0, 0.05) is 18.0 Å². The van der Waals surface area contributed by atoms with E-state index >= 15 is 0 Å². The van der Waals surface area contributed by atoms with Crippen molar-refractivity contribution in [1.82, 2.24) is 4.98 Å². The fourth-order valence-electron chi connectivity index (χ4n) is 1.75. The minimum absolute atomic E-state index is 0.0197. The minimum atomic E-state index is -0.819. The second-order valence-electron chi connectivity index (χ2n) is 4.88. The van der Waals surface area contributed by atoms with Gasteiger partial charge < -0.3 is 10.0 Å². The van der Waals surface area contributed by atoms with Crippen LogP contribution in [0.5, 0.6) is 0 Å². The van der Waals surface area contributed by atoms with Crippen LogP contribution in [-0.2, 0) is 11.2 Å². The van der Waals surface area contributed by atoms with E-state index in [9.17, 15) is 4.79 Å². The lowest BCUT2D eigenvalue weighted by Gasteiger charge is -2.26. The predicted molar refractivity (Wildman–Crippen MR) is 68.7 cm³/mol. The quantitative estimate of drug-likeness (QED) is 0.847. The number of carbonyl (C=O) groups is 1. The summed E-state index contributed by atoms with van der Waals surface area (Å²) in [4.78, 5) is 17.3. The molecule has 1 aromatic heterocycles. The van der Waals surface area contributed by atoms with Crippen molar-refractivity contribution in [3.8, 4) is 0 Å². The van der Waals surface area contributed by atoms with Crippen molar-refractivity contribution < 1.29 is 9.90 Å². The van der Waals surface area contributed by atoms with E-state index in [1.807, 2.05) is 5.38 Å². The lowest BCUT2D eigenvalue weighted by Crippen LogP contribution is -2.32. The predicted octanol–water partition coefficient (Wildman–Crippen LogP) is 2.39. The number of hydrogen-bond acceptors (Lipinski definition) is 4. The maximum absolute atomic E-state index is 10.6. The Balaban J connectivity index is 2.06. The number of aliphatic carboxylic acids is 1. The van der Waals surface area contributed by atoms with Crippen molar-refractivity contribution in [2.24, 2.45) is 5.92 Å². The topological polar surface area (TPSA) is 53.4 Å². The molecule has 1 saturated carbocycles. The van der Waals surface area contributed by atoms with Crippen molar-refractivity contribution in [2.45, 2.75) is 39.2 Å². The first-order valence-corrected chi connectivity index (χ1v) is 6.87. The van der Waals surface area contributed by atoms with Gasteiger partial charge in [0.2, 0.25) is 0 Å². The third-order valence-electron chi connectivity index (χ3n) is 2.89. The van der Waals surface area contributed by atoms with Crippen LogP contribution >= 0.6 is 11.3 Å². The number of aromatic nitrogens is 1. The lowest BCUT2D eigenvalue weighted by atomic mass is 10.3. The van der Waals surface area contributed by atoms with Gasteiger partial charge in [-0.15, -0.1) is 11.3 Å². The van der Waals surface area contributed by atoms with Gasteiger partial charge in [0.25, 0.3) is 0 Å². The highest BCUT2D eigenvalue weighted by Gasteiger charge is 2.27. The summed E-state index contributed by atoms with van der Waals surface area (Å²) in [6.07, 6.45) is 2.65. The maximum Gasteiger partial charge on any atom is 0.309 e. The summed E-state index contributed by atoms with van der Waals surface area (Å²) >= 11 is 1.55. The number of thiazole rings is 1. The Hall–Kier alpha value is -1.10. The molecule has 1 aromatic rings. The SMILES string of the molecule is CC(C)N(CC1CC1)c1nc(CC(=O)O)cs1. The highest BCUT2D eigenvalue weighted by atomic mass is 32.1. The summed E-state index contributed by atoms with van der Waals surface area (Å²) in [5.41, 5.74) is 0.666. The van der Waals surface area contributed by atoms with Gasteiger partial charge in [0.05, 0.1) is 12.1 Å². The van der Waals surface area contributed by atoms with Gasteiger partial charge >= 0.3 is 5.97 Å². The average molecular weight is 254 g/mol. The fraction of sp³-hybridized carbons (Fsp3) is 0.667. The molecule has 1 N–H and O–H groups in total. The summed E-state index contributed by atoms with van der Waals surface area (Å²) in [7, 11) is 0. The van der Waals surface area contributed by atoms with Gasteiger partial charge in [-0.05, 0) is 32.6 Å². The van der Waals surface area contributed by atoms with Crippen LogP contribution in [0.1, 0.15) is 32.4 Å². The van der Waals surface area contributed by atoms with Gasteiger partial charge in [-0.1, -0.05) is 0 Å². The Morgan fingerprint density at radius 1 is 1.65 bits per heavy atom. The van der Waals surface area contributed by atoms with Gasteiger partial charge in [-0.25, -0.2) is 4.98 Å². The van der Waals surface area contributed by atoms with Crippen LogP contribution in [0.3, 0.4) is 0 Å². The normalized spacial score (nSPS) is 15.2. The van der Waals surface area contributed by atoms with Gasteiger partial charge in [-0.2, -0.15) is 0 Å². The van der Waals surface area contributed by atoms with E-state index in [2.05, 4.69) is 23.7 Å². The van der Waals surface area contributed by atoms with E-state index in [0.29, 0.717) is 11.7 Å². The van der Waals surface area contributed by atoms with Crippen molar-refractivity contribution in [3.05, 3.63) is 11.1 Å². The van der Waals surface area contributed by atoms with E-state index in [0.717, 1.165) is 17.6 Å². The summed E-state index contributed by atoms with van der Waals surface area (Å²) in [6.45, 7) is 5.36. The number of carboxylic acids is 1. The Morgan fingerprint density at radius 2 is 2.35 bits per heavy atom. The molecule has 0 amide bonds. The molecule has 5 heteroatoms. The molecule has 0 atom stereocenters. The standard InChI is InChI=1S/C12H18N2O2S/c1-8(2)14(6-9-3-4-9)12-13-10(7-17-12)5-11(15)16/h7-9H,3-6H2,1-2H3,(H,15,16). The van der Waals surface area contributed by atoms with Crippen LogP contribution in [0, 0.1) is 5.92 Å². The van der Waals surface area contributed by atoms with E-state index < -0.39 is 5.97 Å². The second-order valence-corrected chi connectivity index (χ2v) is 5.72. The number of carboxylic acid groups (broad SMARTS) is 1. The molecule has 4 nitrogen and oxygen atoms in total. The zero-order chi connectivity index (χ0) is 12.4. The molecule has 0 spiro atoms. The number of nitrogens with zero attached hydrogens (tertiary/aromatic N) is 2. The van der Waals surface area contributed by atoms with Crippen molar-refractivity contribution in [2.75, 3.05) is 11.4 Å². The fourth-order valence-corrected chi connectivity index (χ4v) is 2.72. The zero-order valence-corrected chi connectivity index (χ0v) is 11.0. The molecule has 0 bridgehead atoms. The summed E-state index contributed by atoms with van der Waals surface area (Å²) in [5.74, 6) is -0.00985. The van der Waals surface area contributed by atoms with Gasteiger partial charge in [0.1, 0.15) is 0 Å². The highest BCUT2D eigenvalue weighted by molar-refractivity contribution is 7.13. The molecule has 1 heterocycles. The highest BCUT2D eigenvalue weighted by Crippen LogP contribution is 2.33. The molecular formula is C12H18N2O2S. The van der Waals surface area contributed by atoms with E-state index in [4.69, 9.17) is 5.11 Å². The number of anilines is 1. The van der Waals surface area contributed by atoms with Crippen LogP contribution in [0.4, 0.5) is 5.13 Å². The molecule has 1 aliphatic carbocycles. The summed E-state index contributed by atoms with van der Waals surface area (Å²) in [5, 5.41) is 11.5. The van der Waals surface area contributed by atoms with Crippen molar-refractivity contribution in [1.29, 1.82) is 0 Å². The number of hydrogen-bond donors (Lipinski definition) is 1. The monoisotopic (exact) mass is 254 g/mol. The molecule has 1 aliphatic rings. The molecule has 0 saturated heterocycles. The molecule has 94 valence electrons. The van der Waals surface area contributed by atoms with E-state index in [-0.39, 0.29) is 6.42 Å². The Kier molecular flexibility index (Phi) is 3.66. The van der Waals surface area contributed by atoms with Crippen LogP contribution in [0.25, 0.3) is 0 Å². The third kappa shape index (κ3) is 3.43. The molecule has 2 rings (SSSR count). The smallest absolute Gasteiger partial charge is 0.309 e. The lowest BCUT2D eigenvalue weighted by molar-refractivity contribution is -0.136. The van der Waals surface area contributed by atoms with Crippen LogP contribution in [0.15, 0.2) is 5.38 Å². The largest absolute Gasteiger partial charge is 0.481 e. The minimum Gasteiger partial charge on any atom is -0.481 e. The van der Waals surface area contributed by atoms with Crippen molar-refractivity contribution in [3.63, 3.8) is 0 Å². The molecule has 0 unspecified atom stereocenters. The maximum atomic E-state index is 10.6. The molecule has 0 aliphatic heterocycles. The molecular weight excluding hydrogens is 236 g/mol. The van der Waals surface area contributed by atoms with Crippen molar-refractivity contribution >= 4 is 22.4 Å².